The number of hydrogen-bond acceptors (Lipinski definition) is 3. The Kier molecular flexibility index (Phi) is 5.64. The van der Waals surface area contributed by atoms with E-state index in [9.17, 15) is 4.79 Å². The van der Waals surface area contributed by atoms with E-state index in [1.807, 2.05) is 0 Å². The van der Waals surface area contributed by atoms with Crippen LogP contribution < -0.4 is 5.32 Å². The van der Waals surface area contributed by atoms with Crippen molar-refractivity contribution >= 4 is 5.91 Å². The zero-order valence-electron chi connectivity index (χ0n) is 12.5. The smallest absolute Gasteiger partial charge is 0.239 e. The second-order valence-corrected chi connectivity index (χ2v) is 5.98. The van der Waals surface area contributed by atoms with Crippen molar-refractivity contribution in [1.82, 2.24) is 15.1 Å². The Bertz CT molecular complexity index is 287. The van der Waals surface area contributed by atoms with Crippen LogP contribution in [0.2, 0.25) is 0 Å². The molecule has 2 heterocycles. The van der Waals surface area contributed by atoms with Gasteiger partial charge in [-0.1, -0.05) is 13.3 Å². The standard InChI is InChI=1S/C15H29N3O/c1-3-16-14-8-7-11-18(15(14)19)12-13(2)17-9-5-4-6-10-17/h13-14,16H,3-12H2,1-2H3. The molecular formula is C15H29N3O. The molecule has 2 unspecified atom stereocenters. The summed E-state index contributed by atoms with van der Waals surface area (Å²) in [4.78, 5) is 17.0. The molecule has 0 saturated carbocycles. The van der Waals surface area contributed by atoms with Crippen LogP contribution in [0.15, 0.2) is 0 Å². The molecule has 2 aliphatic rings. The molecule has 2 saturated heterocycles. The van der Waals surface area contributed by atoms with Crippen molar-refractivity contribution in [2.24, 2.45) is 0 Å². The Morgan fingerprint density at radius 2 is 1.95 bits per heavy atom. The highest BCUT2D eigenvalue weighted by Gasteiger charge is 2.29. The van der Waals surface area contributed by atoms with Gasteiger partial charge in [-0.15, -0.1) is 0 Å². The molecule has 1 amide bonds. The summed E-state index contributed by atoms with van der Waals surface area (Å²) in [5.74, 6) is 0.317. The van der Waals surface area contributed by atoms with E-state index in [0.29, 0.717) is 11.9 Å². The highest BCUT2D eigenvalue weighted by molar-refractivity contribution is 5.82. The molecule has 0 aromatic heterocycles. The molecule has 110 valence electrons. The summed E-state index contributed by atoms with van der Waals surface area (Å²) in [5, 5.41) is 3.31. The van der Waals surface area contributed by atoms with E-state index in [1.165, 1.54) is 32.4 Å². The van der Waals surface area contributed by atoms with E-state index in [-0.39, 0.29) is 6.04 Å². The fourth-order valence-corrected chi connectivity index (χ4v) is 3.35. The Morgan fingerprint density at radius 3 is 2.63 bits per heavy atom. The van der Waals surface area contributed by atoms with E-state index in [2.05, 4.69) is 29.0 Å². The molecule has 2 aliphatic heterocycles. The average molecular weight is 267 g/mol. The van der Waals surface area contributed by atoms with Crippen LogP contribution in [0, 0.1) is 0 Å². The number of nitrogens with zero attached hydrogens (tertiary/aromatic N) is 2. The molecule has 0 bridgehead atoms. The number of amides is 1. The van der Waals surface area contributed by atoms with Gasteiger partial charge in [0.2, 0.25) is 5.91 Å². The van der Waals surface area contributed by atoms with Crippen molar-refractivity contribution in [3.05, 3.63) is 0 Å². The second kappa shape index (κ2) is 7.25. The van der Waals surface area contributed by atoms with Crippen molar-refractivity contribution in [2.45, 2.75) is 58.0 Å². The third-order valence-corrected chi connectivity index (χ3v) is 4.48. The van der Waals surface area contributed by atoms with Crippen LogP contribution in [0.1, 0.15) is 46.0 Å². The van der Waals surface area contributed by atoms with Gasteiger partial charge in [0.15, 0.2) is 0 Å². The number of carbonyl (C=O) groups excluding carboxylic acids is 1. The molecule has 1 N–H and O–H groups in total. The first kappa shape index (κ1) is 14.8. The Hall–Kier alpha value is -0.610. The van der Waals surface area contributed by atoms with E-state index < -0.39 is 0 Å². The predicted molar refractivity (Wildman–Crippen MR) is 78.2 cm³/mol. The van der Waals surface area contributed by atoms with Crippen LogP contribution >= 0.6 is 0 Å². The highest BCUT2D eigenvalue weighted by Crippen LogP contribution is 2.16. The van der Waals surface area contributed by atoms with Crippen LogP contribution in [-0.2, 0) is 4.79 Å². The summed E-state index contributed by atoms with van der Waals surface area (Å²) >= 11 is 0. The Balaban J connectivity index is 1.84. The summed E-state index contributed by atoms with van der Waals surface area (Å²) in [6.45, 7) is 9.49. The summed E-state index contributed by atoms with van der Waals surface area (Å²) < 4.78 is 0. The van der Waals surface area contributed by atoms with Gasteiger partial charge in [0.25, 0.3) is 0 Å². The molecule has 4 nitrogen and oxygen atoms in total. The zero-order valence-corrected chi connectivity index (χ0v) is 12.5. The van der Waals surface area contributed by atoms with Crippen LogP contribution in [-0.4, -0.2) is 60.5 Å². The second-order valence-electron chi connectivity index (χ2n) is 5.98. The SMILES string of the molecule is CCNC1CCCN(CC(C)N2CCCCC2)C1=O. The molecular weight excluding hydrogens is 238 g/mol. The van der Waals surface area contributed by atoms with Gasteiger partial charge in [-0.25, -0.2) is 0 Å². The predicted octanol–water partition coefficient (Wildman–Crippen LogP) is 1.46. The van der Waals surface area contributed by atoms with Crippen LogP contribution in [0.4, 0.5) is 0 Å². The minimum Gasteiger partial charge on any atom is -0.340 e. The highest BCUT2D eigenvalue weighted by atomic mass is 16.2. The quantitative estimate of drug-likeness (QED) is 0.819. The lowest BCUT2D eigenvalue weighted by atomic mass is 10.0. The first-order valence-electron chi connectivity index (χ1n) is 7.98. The van der Waals surface area contributed by atoms with Gasteiger partial charge in [0.1, 0.15) is 0 Å². The molecule has 0 aromatic carbocycles. The van der Waals surface area contributed by atoms with Crippen molar-refractivity contribution < 1.29 is 4.79 Å². The first-order chi connectivity index (χ1) is 9.22. The minimum absolute atomic E-state index is 0.0623. The lowest BCUT2D eigenvalue weighted by molar-refractivity contribution is -0.136. The van der Waals surface area contributed by atoms with Crippen LogP contribution in [0.5, 0.6) is 0 Å². The Morgan fingerprint density at radius 1 is 1.21 bits per heavy atom. The summed E-state index contributed by atoms with van der Waals surface area (Å²) in [6, 6.07) is 0.567. The monoisotopic (exact) mass is 267 g/mol. The Labute approximate surface area is 117 Å². The van der Waals surface area contributed by atoms with Crippen molar-refractivity contribution in [1.29, 1.82) is 0 Å². The largest absolute Gasteiger partial charge is 0.340 e. The van der Waals surface area contributed by atoms with Gasteiger partial charge in [-0.05, 0) is 52.2 Å². The molecule has 2 rings (SSSR count). The number of rotatable bonds is 5. The fraction of sp³-hybridized carbons (Fsp3) is 0.933. The number of nitrogens with one attached hydrogen (secondary N) is 1. The molecule has 2 fully saturated rings. The zero-order chi connectivity index (χ0) is 13.7. The maximum atomic E-state index is 12.4. The number of hydrogen-bond donors (Lipinski definition) is 1. The van der Waals surface area contributed by atoms with Gasteiger partial charge in [-0.2, -0.15) is 0 Å². The number of carbonyl (C=O) groups is 1. The molecule has 0 aliphatic carbocycles. The van der Waals surface area contributed by atoms with E-state index in [0.717, 1.165) is 32.5 Å². The first-order valence-corrected chi connectivity index (χ1v) is 7.98. The van der Waals surface area contributed by atoms with Gasteiger partial charge >= 0.3 is 0 Å². The molecule has 2 atom stereocenters. The van der Waals surface area contributed by atoms with E-state index in [1.54, 1.807) is 0 Å². The van der Waals surface area contributed by atoms with Gasteiger partial charge in [-0.3, -0.25) is 9.69 Å². The summed E-state index contributed by atoms with van der Waals surface area (Å²) in [6.07, 6.45) is 6.14. The average Bonchev–Trinajstić information content (AvgIpc) is 2.44. The van der Waals surface area contributed by atoms with E-state index >= 15 is 0 Å². The van der Waals surface area contributed by atoms with Crippen molar-refractivity contribution in [3.63, 3.8) is 0 Å². The molecule has 0 aromatic rings. The third kappa shape index (κ3) is 3.93. The van der Waals surface area contributed by atoms with Crippen molar-refractivity contribution in [2.75, 3.05) is 32.7 Å². The maximum Gasteiger partial charge on any atom is 0.239 e. The normalized spacial score (nSPS) is 27.6. The lowest BCUT2D eigenvalue weighted by Gasteiger charge is -2.38. The van der Waals surface area contributed by atoms with Gasteiger partial charge in [0, 0.05) is 19.1 Å². The molecule has 4 heteroatoms. The van der Waals surface area contributed by atoms with Gasteiger partial charge in [0.05, 0.1) is 6.04 Å². The summed E-state index contributed by atoms with van der Waals surface area (Å²) in [7, 11) is 0. The topological polar surface area (TPSA) is 35.6 Å². The molecule has 19 heavy (non-hydrogen) atoms. The number of likely N-dealkylation sites (tertiary alicyclic amines) is 2. The summed E-state index contributed by atoms with van der Waals surface area (Å²) in [5.41, 5.74) is 0. The minimum atomic E-state index is 0.0623. The fourth-order valence-electron chi connectivity index (χ4n) is 3.35. The number of piperidine rings is 2. The lowest BCUT2D eigenvalue weighted by Crippen LogP contribution is -2.54. The van der Waals surface area contributed by atoms with Crippen LogP contribution in [0.3, 0.4) is 0 Å². The molecule has 0 radical (unpaired) electrons. The van der Waals surface area contributed by atoms with Crippen molar-refractivity contribution in [3.8, 4) is 0 Å². The molecule has 0 spiro atoms. The maximum absolute atomic E-state index is 12.4. The number of likely N-dealkylation sites (N-methyl/N-ethyl adjacent to an activating group) is 1. The van der Waals surface area contributed by atoms with E-state index in [4.69, 9.17) is 0 Å². The third-order valence-electron chi connectivity index (χ3n) is 4.48. The van der Waals surface area contributed by atoms with Crippen LogP contribution in [0.25, 0.3) is 0 Å². The van der Waals surface area contributed by atoms with Gasteiger partial charge < -0.3 is 10.2 Å².